The normalized spacial score (nSPS) is 10.2. The number of rotatable bonds is 4. The zero-order chi connectivity index (χ0) is 13.8. The second kappa shape index (κ2) is 5.44. The van der Waals surface area contributed by atoms with Gasteiger partial charge in [0.05, 0.1) is 5.56 Å². The maximum atomic E-state index is 11.0. The van der Waals surface area contributed by atoms with E-state index in [0.717, 1.165) is 12.1 Å². The maximum Gasteiger partial charge on any atom is 0.337 e. The van der Waals surface area contributed by atoms with Gasteiger partial charge in [-0.05, 0) is 42.3 Å². The Morgan fingerprint density at radius 2 is 1.79 bits per heavy atom. The van der Waals surface area contributed by atoms with E-state index in [0.29, 0.717) is 5.69 Å². The summed E-state index contributed by atoms with van der Waals surface area (Å²) in [5.41, 5.74) is 8.86. The molecule has 98 valence electrons. The molecule has 0 aliphatic rings. The van der Waals surface area contributed by atoms with Crippen molar-refractivity contribution >= 4 is 23.0 Å². The lowest BCUT2D eigenvalue weighted by Crippen LogP contribution is -2.03. The van der Waals surface area contributed by atoms with E-state index in [2.05, 4.69) is 12.2 Å². The van der Waals surface area contributed by atoms with Gasteiger partial charge in [0, 0.05) is 17.1 Å². The minimum absolute atomic E-state index is 0.107. The van der Waals surface area contributed by atoms with Crippen LogP contribution in [0.25, 0.3) is 0 Å². The van der Waals surface area contributed by atoms with Gasteiger partial charge >= 0.3 is 5.97 Å². The van der Waals surface area contributed by atoms with Crippen LogP contribution in [0.4, 0.5) is 17.1 Å². The van der Waals surface area contributed by atoms with Crippen molar-refractivity contribution in [3.05, 3.63) is 53.6 Å². The number of carboxylic acids is 1. The van der Waals surface area contributed by atoms with Crippen molar-refractivity contribution in [1.82, 2.24) is 0 Å². The Labute approximate surface area is 111 Å². The molecule has 2 rings (SSSR count). The summed E-state index contributed by atoms with van der Waals surface area (Å²) in [5, 5.41) is 12.2. The molecule has 0 atom stereocenters. The number of hydrogen-bond acceptors (Lipinski definition) is 3. The molecule has 2 aromatic carbocycles. The van der Waals surface area contributed by atoms with Crippen molar-refractivity contribution in [2.75, 3.05) is 11.1 Å². The first kappa shape index (κ1) is 13.0. The van der Waals surface area contributed by atoms with Crippen molar-refractivity contribution < 1.29 is 9.90 Å². The number of nitrogens with two attached hydrogens (primary N) is 1. The van der Waals surface area contributed by atoms with Crippen LogP contribution in [0.2, 0.25) is 0 Å². The fourth-order valence-corrected chi connectivity index (χ4v) is 1.81. The van der Waals surface area contributed by atoms with Crippen molar-refractivity contribution in [3.63, 3.8) is 0 Å². The number of nitrogens with one attached hydrogen (secondary N) is 1. The Hall–Kier alpha value is -2.49. The van der Waals surface area contributed by atoms with E-state index in [1.807, 2.05) is 24.3 Å². The number of anilines is 3. The number of benzene rings is 2. The van der Waals surface area contributed by atoms with E-state index < -0.39 is 5.97 Å². The molecule has 0 spiro atoms. The molecule has 0 amide bonds. The number of aromatic carboxylic acids is 1. The van der Waals surface area contributed by atoms with Crippen LogP contribution in [-0.2, 0) is 6.42 Å². The average molecular weight is 256 g/mol. The van der Waals surface area contributed by atoms with E-state index in [9.17, 15) is 4.79 Å². The molecular weight excluding hydrogens is 240 g/mol. The quantitative estimate of drug-likeness (QED) is 0.734. The third-order valence-corrected chi connectivity index (χ3v) is 2.93. The summed E-state index contributed by atoms with van der Waals surface area (Å²) < 4.78 is 0. The number of hydrogen-bond donors (Lipinski definition) is 3. The lowest BCUT2D eigenvalue weighted by atomic mass is 10.1. The third kappa shape index (κ3) is 3.04. The van der Waals surface area contributed by atoms with Crippen LogP contribution in [0.15, 0.2) is 42.5 Å². The molecule has 0 aliphatic carbocycles. The van der Waals surface area contributed by atoms with Crippen LogP contribution in [0, 0.1) is 0 Å². The highest BCUT2D eigenvalue weighted by atomic mass is 16.4. The molecule has 4 nitrogen and oxygen atoms in total. The van der Waals surface area contributed by atoms with Gasteiger partial charge in [-0.2, -0.15) is 0 Å². The molecule has 0 heterocycles. The third-order valence-electron chi connectivity index (χ3n) is 2.93. The number of carbonyl (C=O) groups is 1. The molecule has 4 heteroatoms. The lowest BCUT2D eigenvalue weighted by molar-refractivity contribution is 0.0698. The first-order valence-electron chi connectivity index (χ1n) is 6.09. The van der Waals surface area contributed by atoms with Gasteiger partial charge in [0.25, 0.3) is 0 Å². The Morgan fingerprint density at radius 3 is 2.37 bits per heavy atom. The lowest BCUT2D eigenvalue weighted by Gasteiger charge is -2.09. The summed E-state index contributed by atoms with van der Waals surface area (Å²) in [6.07, 6.45) is 0.991. The smallest absolute Gasteiger partial charge is 0.337 e. The van der Waals surface area contributed by atoms with Crippen LogP contribution >= 0.6 is 0 Å². The highest BCUT2D eigenvalue weighted by molar-refractivity contribution is 5.95. The zero-order valence-corrected chi connectivity index (χ0v) is 10.7. The molecule has 0 saturated heterocycles. The Morgan fingerprint density at radius 1 is 1.16 bits per heavy atom. The minimum Gasteiger partial charge on any atom is -0.478 e. The topological polar surface area (TPSA) is 75.3 Å². The first-order valence-corrected chi connectivity index (χ1v) is 6.09. The van der Waals surface area contributed by atoms with E-state index in [1.54, 1.807) is 12.1 Å². The molecule has 0 radical (unpaired) electrons. The van der Waals surface area contributed by atoms with E-state index in [-0.39, 0.29) is 11.3 Å². The molecule has 0 fully saturated rings. The van der Waals surface area contributed by atoms with Gasteiger partial charge in [0.15, 0.2) is 0 Å². The van der Waals surface area contributed by atoms with Crippen LogP contribution in [0.3, 0.4) is 0 Å². The van der Waals surface area contributed by atoms with Gasteiger partial charge in [-0.15, -0.1) is 0 Å². The summed E-state index contributed by atoms with van der Waals surface area (Å²) in [4.78, 5) is 11.0. The molecule has 0 saturated carbocycles. The second-order valence-corrected chi connectivity index (χ2v) is 4.28. The van der Waals surface area contributed by atoms with Crippen molar-refractivity contribution in [2.45, 2.75) is 13.3 Å². The molecule has 0 aromatic heterocycles. The molecular formula is C15H16N2O2. The van der Waals surface area contributed by atoms with Gasteiger partial charge in [-0.25, -0.2) is 4.79 Å². The average Bonchev–Trinajstić information content (AvgIpc) is 2.41. The Balaban J connectivity index is 2.22. The number of carboxylic acid groups (broad SMARTS) is 1. The summed E-state index contributed by atoms with van der Waals surface area (Å²) in [6, 6.07) is 12.9. The van der Waals surface area contributed by atoms with Crippen LogP contribution in [0.5, 0.6) is 0 Å². The molecule has 0 bridgehead atoms. The molecule has 2 aromatic rings. The van der Waals surface area contributed by atoms with Gasteiger partial charge in [0.2, 0.25) is 0 Å². The van der Waals surface area contributed by atoms with Gasteiger partial charge in [-0.1, -0.05) is 19.1 Å². The SMILES string of the molecule is CCc1ccc(Nc2ccc(N)c(C(=O)O)c2)cc1. The van der Waals surface area contributed by atoms with Crippen molar-refractivity contribution in [2.24, 2.45) is 0 Å². The highest BCUT2D eigenvalue weighted by Crippen LogP contribution is 2.22. The highest BCUT2D eigenvalue weighted by Gasteiger charge is 2.08. The predicted molar refractivity (Wildman–Crippen MR) is 76.9 cm³/mol. The maximum absolute atomic E-state index is 11.0. The zero-order valence-electron chi connectivity index (χ0n) is 10.7. The minimum atomic E-state index is -1.03. The van der Waals surface area contributed by atoms with Crippen LogP contribution in [0.1, 0.15) is 22.8 Å². The van der Waals surface area contributed by atoms with Gasteiger partial charge in [0.1, 0.15) is 0 Å². The van der Waals surface area contributed by atoms with Crippen molar-refractivity contribution in [1.29, 1.82) is 0 Å². The van der Waals surface area contributed by atoms with E-state index >= 15 is 0 Å². The summed E-state index contributed by atoms with van der Waals surface area (Å²) >= 11 is 0. The fraction of sp³-hybridized carbons (Fsp3) is 0.133. The Bertz CT molecular complexity index is 592. The van der Waals surface area contributed by atoms with Crippen LogP contribution in [-0.4, -0.2) is 11.1 Å². The van der Waals surface area contributed by atoms with Gasteiger partial charge in [-0.3, -0.25) is 0 Å². The number of aryl methyl sites for hydroxylation is 1. The number of nitrogen functional groups attached to an aromatic ring is 1. The van der Waals surface area contributed by atoms with Gasteiger partial charge < -0.3 is 16.2 Å². The molecule has 19 heavy (non-hydrogen) atoms. The predicted octanol–water partition coefficient (Wildman–Crippen LogP) is 3.27. The summed E-state index contributed by atoms with van der Waals surface area (Å²) in [7, 11) is 0. The molecule has 0 aliphatic heterocycles. The molecule has 4 N–H and O–H groups in total. The Kier molecular flexibility index (Phi) is 3.71. The molecule has 0 unspecified atom stereocenters. The second-order valence-electron chi connectivity index (χ2n) is 4.28. The summed E-state index contributed by atoms with van der Waals surface area (Å²) in [5.74, 6) is -1.03. The largest absolute Gasteiger partial charge is 0.478 e. The van der Waals surface area contributed by atoms with E-state index in [1.165, 1.54) is 11.6 Å². The monoisotopic (exact) mass is 256 g/mol. The van der Waals surface area contributed by atoms with Crippen LogP contribution < -0.4 is 11.1 Å². The first-order chi connectivity index (χ1) is 9.10. The van der Waals surface area contributed by atoms with E-state index in [4.69, 9.17) is 10.8 Å². The fourth-order valence-electron chi connectivity index (χ4n) is 1.81. The summed E-state index contributed by atoms with van der Waals surface area (Å²) in [6.45, 7) is 2.10. The standard InChI is InChI=1S/C15H16N2O2/c1-2-10-3-5-11(6-4-10)17-12-7-8-14(16)13(9-12)15(18)19/h3-9,17H,2,16H2,1H3,(H,18,19). The van der Waals surface area contributed by atoms with Crippen molar-refractivity contribution in [3.8, 4) is 0 Å².